The zero-order valence-electron chi connectivity index (χ0n) is 15.8. The molecule has 0 saturated heterocycles. The molecule has 1 heteroatoms. The monoisotopic (exact) mass is 366 g/mol. The van der Waals surface area contributed by atoms with E-state index in [2.05, 4.69) is 102 Å². The predicted molar refractivity (Wildman–Crippen MR) is 118 cm³/mol. The molecule has 0 bridgehead atoms. The highest BCUT2D eigenvalue weighted by Crippen LogP contribution is 2.23. The van der Waals surface area contributed by atoms with Crippen molar-refractivity contribution in [1.82, 2.24) is 0 Å². The normalized spacial score (nSPS) is 15.0. The molecular weight excluding hydrogens is 340 g/mol. The van der Waals surface area contributed by atoms with Gasteiger partial charge in [0, 0.05) is 5.92 Å². The molecule has 3 aromatic rings. The van der Waals surface area contributed by atoms with E-state index in [9.17, 15) is 0 Å². The lowest BCUT2D eigenvalue weighted by Gasteiger charge is -2.28. The maximum Gasteiger partial charge on any atom is 0.229 e. The van der Waals surface area contributed by atoms with Crippen molar-refractivity contribution < 1.29 is 0 Å². The molecule has 0 heterocycles. The molecule has 0 spiro atoms. The molecule has 0 nitrogen and oxygen atoms in total. The summed E-state index contributed by atoms with van der Waals surface area (Å²) in [7, 11) is -2.37. The van der Waals surface area contributed by atoms with Crippen molar-refractivity contribution in [1.29, 1.82) is 0 Å². The van der Waals surface area contributed by atoms with Gasteiger partial charge in [0.15, 0.2) is 0 Å². The van der Waals surface area contributed by atoms with Crippen LogP contribution in [0.15, 0.2) is 91.0 Å². The molecule has 134 valence electrons. The van der Waals surface area contributed by atoms with Crippen LogP contribution >= 0.6 is 0 Å². The topological polar surface area (TPSA) is 0 Å². The summed E-state index contributed by atoms with van der Waals surface area (Å²) in [5, 5.41) is 4.14. The van der Waals surface area contributed by atoms with Gasteiger partial charge in [-0.2, -0.15) is 0 Å². The quantitative estimate of drug-likeness (QED) is 0.369. The van der Waals surface area contributed by atoms with Crippen LogP contribution < -0.4 is 15.6 Å². The van der Waals surface area contributed by atoms with Gasteiger partial charge in [-0.05, 0) is 28.4 Å². The third-order valence-corrected chi connectivity index (χ3v) is 9.81. The first-order valence-electron chi connectivity index (χ1n) is 10.1. The molecule has 0 atom stereocenters. The van der Waals surface area contributed by atoms with Crippen LogP contribution in [0.25, 0.3) is 0 Å². The number of benzene rings is 3. The van der Waals surface area contributed by atoms with Gasteiger partial charge >= 0.3 is 0 Å². The first-order chi connectivity index (χ1) is 13.4. The van der Waals surface area contributed by atoms with Crippen molar-refractivity contribution >= 4 is 23.6 Å². The Morgan fingerprint density at radius 3 is 1.37 bits per heavy atom. The summed E-state index contributed by atoms with van der Waals surface area (Å²) in [5.41, 5.74) is 3.94. The molecule has 0 aliphatic heterocycles. The lowest BCUT2D eigenvalue weighted by molar-refractivity contribution is 0.430. The van der Waals surface area contributed by atoms with Gasteiger partial charge in [0.1, 0.15) is 0 Å². The van der Waals surface area contributed by atoms with Crippen LogP contribution in [0.1, 0.15) is 32.1 Å². The highest BCUT2D eigenvalue weighted by molar-refractivity contribution is 7.16. The summed E-state index contributed by atoms with van der Waals surface area (Å²) in [6.45, 7) is 0. The average molecular weight is 367 g/mol. The van der Waals surface area contributed by atoms with Crippen LogP contribution in [0.3, 0.4) is 0 Å². The Kier molecular flexibility index (Phi) is 5.56. The lowest BCUT2D eigenvalue weighted by Crippen LogP contribution is -2.66. The van der Waals surface area contributed by atoms with Crippen LogP contribution in [0.2, 0.25) is 0 Å². The number of hydrogen-bond donors (Lipinski definition) is 0. The summed E-state index contributed by atoms with van der Waals surface area (Å²) >= 11 is 0. The first-order valence-corrected chi connectivity index (χ1v) is 12.1. The predicted octanol–water partition coefficient (Wildman–Crippen LogP) is 4.28. The molecule has 1 saturated carbocycles. The summed E-state index contributed by atoms with van der Waals surface area (Å²) < 4.78 is 0. The molecule has 27 heavy (non-hydrogen) atoms. The van der Waals surface area contributed by atoms with Crippen LogP contribution in [-0.4, -0.2) is 8.07 Å². The van der Waals surface area contributed by atoms with Gasteiger partial charge in [-0.1, -0.05) is 110 Å². The second-order valence-corrected chi connectivity index (χ2v) is 10.9. The summed E-state index contributed by atoms with van der Waals surface area (Å²) in [4.78, 5) is 0. The minimum absolute atomic E-state index is 0.557. The van der Waals surface area contributed by atoms with Gasteiger partial charge in [-0.3, -0.25) is 0 Å². The molecule has 0 N–H and O–H groups in total. The second-order valence-electron chi connectivity index (χ2n) is 7.45. The lowest BCUT2D eigenvalue weighted by atomic mass is 9.90. The number of rotatable bonds is 3. The molecule has 0 radical (unpaired) electrons. The Morgan fingerprint density at radius 1 is 0.556 bits per heavy atom. The van der Waals surface area contributed by atoms with E-state index in [1.54, 1.807) is 0 Å². The van der Waals surface area contributed by atoms with E-state index < -0.39 is 8.07 Å². The highest BCUT2D eigenvalue weighted by atomic mass is 28.3. The van der Waals surface area contributed by atoms with E-state index >= 15 is 0 Å². The fourth-order valence-corrected chi connectivity index (χ4v) is 8.17. The van der Waals surface area contributed by atoms with Gasteiger partial charge in [0.05, 0.1) is 0 Å². The molecule has 4 rings (SSSR count). The van der Waals surface area contributed by atoms with Crippen LogP contribution in [0.4, 0.5) is 0 Å². The van der Waals surface area contributed by atoms with Crippen molar-refractivity contribution in [3.63, 3.8) is 0 Å². The molecule has 1 aliphatic carbocycles. The van der Waals surface area contributed by atoms with E-state index in [1.807, 2.05) is 0 Å². The molecule has 1 aliphatic rings. The maximum absolute atomic E-state index is 3.94. The third kappa shape index (κ3) is 3.77. The Balaban J connectivity index is 1.93. The fraction of sp³-hybridized carbons (Fsp3) is 0.231. The van der Waals surface area contributed by atoms with Crippen molar-refractivity contribution in [2.24, 2.45) is 5.92 Å². The van der Waals surface area contributed by atoms with Crippen LogP contribution in [-0.2, 0) is 0 Å². The standard InChI is InChI=1S/C26H26Si/c1-5-13-23(14-6-1)21-22-27(24-15-7-2-8-16-24,25-17-9-3-10-18-25)26-19-11-4-12-20-26/h2-4,7-12,15-20,23H,1,5-6,13-14H2. The highest BCUT2D eigenvalue weighted by Gasteiger charge is 2.38. The zero-order valence-corrected chi connectivity index (χ0v) is 16.8. The van der Waals surface area contributed by atoms with E-state index in [0.717, 1.165) is 0 Å². The van der Waals surface area contributed by atoms with Crippen LogP contribution in [0.5, 0.6) is 0 Å². The molecular formula is C26H26Si. The Labute approximate surface area is 164 Å². The summed E-state index contributed by atoms with van der Waals surface area (Å²) in [5.74, 6) is 4.33. The smallest absolute Gasteiger partial charge is 0.114 e. The molecule has 0 amide bonds. The molecule has 1 fully saturated rings. The van der Waals surface area contributed by atoms with Crippen molar-refractivity contribution in [2.45, 2.75) is 32.1 Å². The summed E-state index contributed by atoms with van der Waals surface area (Å²) in [6.07, 6.45) is 6.55. The molecule has 0 aromatic heterocycles. The minimum Gasteiger partial charge on any atom is -0.114 e. The maximum atomic E-state index is 3.94. The fourth-order valence-electron chi connectivity index (χ4n) is 4.24. The average Bonchev–Trinajstić information content (AvgIpc) is 2.77. The Bertz CT molecular complexity index is 801. The van der Waals surface area contributed by atoms with E-state index in [-0.39, 0.29) is 0 Å². The molecule has 0 unspecified atom stereocenters. The van der Waals surface area contributed by atoms with E-state index in [4.69, 9.17) is 0 Å². The van der Waals surface area contributed by atoms with Gasteiger partial charge in [-0.15, -0.1) is 11.5 Å². The van der Waals surface area contributed by atoms with Gasteiger partial charge in [-0.25, -0.2) is 0 Å². The van der Waals surface area contributed by atoms with Gasteiger partial charge in [0.2, 0.25) is 8.07 Å². The van der Waals surface area contributed by atoms with Gasteiger partial charge < -0.3 is 0 Å². The van der Waals surface area contributed by atoms with Crippen molar-refractivity contribution in [3.8, 4) is 11.5 Å². The van der Waals surface area contributed by atoms with E-state index in [0.29, 0.717) is 5.92 Å². The minimum atomic E-state index is -2.37. The number of hydrogen-bond acceptors (Lipinski definition) is 0. The first kappa shape index (κ1) is 17.8. The third-order valence-electron chi connectivity index (χ3n) is 5.69. The van der Waals surface area contributed by atoms with E-state index in [1.165, 1.54) is 47.7 Å². The second kappa shape index (κ2) is 8.42. The van der Waals surface area contributed by atoms with Gasteiger partial charge in [0.25, 0.3) is 0 Å². The van der Waals surface area contributed by atoms with Crippen molar-refractivity contribution in [2.75, 3.05) is 0 Å². The summed E-state index contributed by atoms with van der Waals surface area (Å²) in [6, 6.07) is 32.9. The molecule has 3 aromatic carbocycles. The Morgan fingerprint density at radius 2 is 0.963 bits per heavy atom. The zero-order chi connectivity index (χ0) is 18.4. The SMILES string of the molecule is C(#C[Si](c1ccccc1)(c1ccccc1)c1ccccc1)C1CCCCC1. The van der Waals surface area contributed by atoms with Crippen LogP contribution in [0, 0.1) is 17.4 Å². The van der Waals surface area contributed by atoms with Crippen molar-refractivity contribution in [3.05, 3.63) is 91.0 Å². The largest absolute Gasteiger partial charge is 0.229 e. The Hall–Kier alpha value is -2.56.